The van der Waals surface area contributed by atoms with Gasteiger partial charge in [-0.3, -0.25) is 14.4 Å². The van der Waals surface area contributed by atoms with Crippen LogP contribution in [0.1, 0.15) is 13.3 Å². The highest BCUT2D eigenvalue weighted by atomic mass is 35.5. The van der Waals surface area contributed by atoms with E-state index in [1.54, 1.807) is 0 Å². The summed E-state index contributed by atoms with van der Waals surface area (Å²) in [6, 6.07) is 0. The zero-order chi connectivity index (χ0) is 10.1. The van der Waals surface area contributed by atoms with E-state index in [2.05, 4.69) is 0 Å². The van der Waals surface area contributed by atoms with Crippen molar-refractivity contribution in [2.24, 2.45) is 0 Å². The number of halogens is 1. The van der Waals surface area contributed by atoms with Crippen molar-refractivity contribution in [3.8, 4) is 0 Å². The number of alkyl halides is 1. The van der Waals surface area contributed by atoms with Gasteiger partial charge in [0.15, 0.2) is 5.78 Å². The highest BCUT2D eigenvalue weighted by Crippen LogP contribution is 1.84. The van der Waals surface area contributed by atoms with Gasteiger partial charge in [0.25, 0.3) is 5.97 Å². The molecular weight excluding hydrogens is 188 g/mol. The zero-order valence-corrected chi connectivity index (χ0v) is 7.17. The average Bonchev–Trinajstić information content (AvgIpc) is 1.84. The van der Waals surface area contributed by atoms with E-state index >= 15 is 0 Å². The van der Waals surface area contributed by atoms with E-state index in [9.17, 15) is 9.59 Å². The maximum atomic E-state index is 10.1. The van der Waals surface area contributed by atoms with Crippen molar-refractivity contribution < 1.29 is 24.6 Å². The summed E-state index contributed by atoms with van der Waals surface area (Å²) in [4.78, 5) is 28.8. The molecule has 0 aliphatic rings. The lowest BCUT2D eigenvalue weighted by atomic mass is 10.3. The first-order chi connectivity index (χ1) is 5.40. The molecule has 0 heterocycles. The van der Waals surface area contributed by atoms with Gasteiger partial charge in [0, 0.05) is 6.92 Å². The summed E-state index contributed by atoms with van der Waals surface area (Å²) < 4.78 is 0. The predicted octanol–water partition coefficient (Wildman–Crippen LogP) is 0.360. The van der Waals surface area contributed by atoms with E-state index < -0.39 is 24.1 Å². The Morgan fingerprint density at radius 2 is 1.58 bits per heavy atom. The van der Waals surface area contributed by atoms with Crippen LogP contribution in [0, 0.1) is 0 Å². The van der Waals surface area contributed by atoms with Crippen LogP contribution in [0.25, 0.3) is 0 Å². The third-order valence-electron chi connectivity index (χ3n) is 0.497. The molecule has 0 unspecified atom stereocenters. The molecule has 6 heteroatoms. The molecule has 12 heavy (non-hydrogen) atoms. The molecule has 0 aromatic rings. The minimum atomic E-state index is -1.13. The number of carbonyl (C=O) groups is 3. The highest BCUT2D eigenvalue weighted by Gasteiger charge is 2.03. The molecule has 0 spiro atoms. The Morgan fingerprint density at radius 3 is 1.67 bits per heavy atom. The quantitative estimate of drug-likeness (QED) is 0.502. The van der Waals surface area contributed by atoms with Gasteiger partial charge in [0.2, 0.25) is 0 Å². The smallest absolute Gasteiger partial charge is 0.310 e. The molecule has 0 aliphatic heterocycles. The van der Waals surface area contributed by atoms with Crippen molar-refractivity contribution in [1.82, 2.24) is 0 Å². The molecule has 0 fully saturated rings. The molecule has 0 radical (unpaired) electrons. The van der Waals surface area contributed by atoms with Crippen LogP contribution in [0.5, 0.6) is 0 Å². The minimum absolute atomic E-state index is 0.216. The van der Waals surface area contributed by atoms with E-state index in [1.165, 1.54) is 0 Å². The Morgan fingerprint density at radius 1 is 1.25 bits per heavy atom. The number of ketones is 1. The second-order valence-corrected chi connectivity index (χ2v) is 2.03. The number of rotatable bonds is 3. The molecule has 70 valence electrons. The summed E-state index contributed by atoms with van der Waals surface area (Å²) in [5, 5.41) is 15.4. The number of Topliss-reactive ketones (excluding diaryl/α,β-unsaturated/α-hetero) is 1. The van der Waals surface area contributed by atoms with Crippen LogP contribution >= 0.6 is 11.6 Å². The molecule has 0 rings (SSSR count). The van der Waals surface area contributed by atoms with Crippen molar-refractivity contribution in [1.29, 1.82) is 0 Å². The van der Waals surface area contributed by atoms with Gasteiger partial charge in [-0.05, 0) is 0 Å². The standard InChI is InChI=1S/C4H5ClO3.C2H4O2/c5-2-3(6)1-4(7)8;1-2(3)4/h1-2H2,(H,7,8);1H3,(H,3,4). The molecule has 2 N–H and O–H groups in total. The second kappa shape index (κ2) is 8.00. The van der Waals surface area contributed by atoms with E-state index in [0.29, 0.717) is 0 Å². The van der Waals surface area contributed by atoms with Gasteiger partial charge in [-0.25, -0.2) is 0 Å². The summed E-state index contributed by atoms with van der Waals surface area (Å²) in [6.07, 6.45) is -0.469. The predicted molar refractivity (Wildman–Crippen MR) is 41.3 cm³/mol. The van der Waals surface area contributed by atoms with Crippen LogP contribution < -0.4 is 0 Å². The number of carboxylic acids is 2. The molecule has 5 nitrogen and oxygen atoms in total. The van der Waals surface area contributed by atoms with E-state index in [4.69, 9.17) is 26.6 Å². The fourth-order valence-electron chi connectivity index (χ4n) is 0.216. The summed E-state index contributed by atoms with van der Waals surface area (Å²) in [6.45, 7) is 1.08. The lowest BCUT2D eigenvalue weighted by Crippen LogP contribution is -2.06. The number of aliphatic carboxylic acids is 2. The fraction of sp³-hybridized carbons (Fsp3) is 0.500. The van der Waals surface area contributed by atoms with Crippen molar-refractivity contribution >= 4 is 29.3 Å². The Balaban J connectivity index is 0. The molecular formula is C6H9ClO5. The van der Waals surface area contributed by atoms with Gasteiger partial charge in [-0.2, -0.15) is 0 Å². The van der Waals surface area contributed by atoms with Crippen LogP contribution in [-0.4, -0.2) is 33.8 Å². The first kappa shape index (κ1) is 13.5. The number of carbonyl (C=O) groups excluding carboxylic acids is 1. The zero-order valence-electron chi connectivity index (χ0n) is 6.41. The van der Waals surface area contributed by atoms with Crippen LogP contribution in [-0.2, 0) is 14.4 Å². The van der Waals surface area contributed by atoms with Crippen molar-refractivity contribution in [2.75, 3.05) is 5.88 Å². The van der Waals surface area contributed by atoms with Crippen LogP contribution in [0.2, 0.25) is 0 Å². The SMILES string of the molecule is CC(=O)O.O=C(O)CC(=O)CCl. The molecule has 0 aromatic carbocycles. The fourth-order valence-corrected chi connectivity index (χ4v) is 0.310. The third-order valence-corrected chi connectivity index (χ3v) is 0.796. The van der Waals surface area contributed by atoms with Crippen LogP contribution in [0.15, 0.2) is 0 Å². The van der Waals surface area contributed by atoms with Crippen molar-refractivity contribution in [2.45, 2.75) is 13.3 Å². The molecule has 0 bridgehead atoms. The first-order valence-electron chi connectivity index (χ1n) is 2.89. The molecule has 0 amide bonds. The number of hydrogen-bond donors (Lipinski definition) is 2. The molecule has 0 atom stereocenters. The maximum absolute atomic E-state index is 10.1. The maximum Gasteiger partial charge on any atom is 0.310 e. The Kier molecular flexibility index (Phi) is 8.99. The van der Waals surface area contributed by atoms with Gasteiger partial charge in [-0.1, -0.05) is 0 Å². The summed E-state index contributed by atoms with van der Waals surface area (Å²) in [5.74, 6) is -2.64. The lowest BCUT2D eigenvalue weighted by Gasteiger charge is -1.85. The second-order valence-electron chi connectivity index (χ2n) is 1.76. The number of carboxylic acid groups (broad SMARTS) is 2. The van der Waals surface area contributed by atoms with E-state index in [0.717, 1.165) is 6.92 Å². The van der Waals surface area contributed by atoms with Gasteiger partial charge in [0.1, 0.15) is 6.42 Å². The molecule has 0 aliphatic carbocycles. The average molecular weight is 197 g/mol. The third kappa shape index (κ3) is 23.1. The topological polar surface area (TPSA) is 91.7 Å². The van der Waals surface area contributed by atoms with Crippen LogP contribution in [0.3, 0.4) is 0 Å². The van der Waals surface area contributed by atoms with Gasteiger partial charge < -0.3 is 10.2 Å². The van der Waals surface area contributed by atoms with Crippen molar-refractivity contribution in [3.05, 3.63) is 0 Å². The molecule has 0 aromatic heterocycles. The normalized spacial score (nSPS) is 7.83. The summed E-state index contributed by atoms with van der Waals surface area (Å²) in [7, 11) is 0. The highest BCUT2D eigenvalue weighted by molar-refractivity contribution is 6.28. The van der Waals surface area contributed by atoms with E-state index in [1.807, 2.05) is 0 Å². The van der Waals surface area contributed by atoms with Crippen molar-refractivity contribution in [3.63, 3.8) is 0 Å². The summed E-state index contributed by atoms with van der Waals surface area (Å²) >= 11 is 4.98. The van der Waals surface area contributed by atoms with Gasteiger partial charge in [0.05, 0.1) is 5.88 Å². The van der Waals surface area contributed by atoms with E-state index in [-0.39, 0.29) is 5.88 Å². The van der Waals surface area contributed by atoms with Crippen LogP contribution in [0.4, 0.5) is 0 Å². The Bertz CT molecular complexity index is 173. The monoisotopic (exact) mass is 196 g/mol. The molecule has 0 saturated carbocycles. The summed E-state index contributed by atoms with van der Waals surface area (Å²) in [5.41, 5.74) is 0. The molecule has 0 saturated heterocycles. The minimum Gasteiger partial charge on any atom is -0.481 e. The largest absolute Gasteiger partial charge is 0.481 e. The van der Waals surface area contributed by atoms with Gasteiger partial charge >= 0.3 is 5.97 Å². The number of hydrogen-bond acceptors (Lipinski definition) is 3. The van der Waals surface area contributed by atoms with Gasteiger partial charge in [-0.15, -0.1) is 11.6 Å². The Labute approximate surface area is 73.9 Å². The Hall–Kier alpha value is -1.10. The lowest BCUT2D eigenvalue weighted by molar-refractivity contribution is -0.140. The first-order valence-corrected chi connectivity index (χ1v) is 3.42.